The number of thioether (sulfide) groups is 1. The first-order chi connectivity index (χ1) is 9.88. The Balaban J connectivity index is 2.37. The van der Waals surface area contributed by atoms with Gasteiger partial charge in [-0.15, -0.1) is 0 Å². The number of anilines is 1. The van der Waals surface area contributed by atoms with Crippen LogP contribution in [0.4, 0.5) is 18.9 Å². The van der Waals surface area contributed by atoms with E-state index in [2.05, 4.69) is 0 Å². The minimum Gasteiger partial charge on any atom is -0.478 e. The number of hydrogen-bond donors (Lipinski definition) is 1. The van der Waals surface area contributed by atoms with Crippen LogP contribution in [0.15, 0.2) is 24.3 Å². The van der Waals surface area contributed by atoms with Crippen molar-refractivity contribution in [2.45, 2.75) is 6.18 Å². The van der Waals surface area contributed by atoms with Gasteiger partial charge in [-0.25, -0.2) is 4.79 Å². The van der Waals surface area contributed by atoms with Crippen molar-refractivity contribution in [3.63, 3.8) is 0 Å². The van der Waals surface area contributed by atoms with Gasteiger partial charge in [0.1, 0.15) is 0 Å². The fraction of sp³-hybridized carbons (Fsp3) is 0.357. The van der Waals surface area contributed by atoms with E-state index in [1.165, 1.54) is 6.07 Å². The highest BCUT2D eigenvalue weighted by Gasteiger charge is 2.33. The molecule has 0 saturated carbocycles. The Morgan fingerprint density at radius 3 is 2.52 bits per heavy atom. The maximum Gasteiger partial charge on any atom is 0.417 e. The molecule has 1 aromatic rings. The van der Waals surface area contributed by atoms with E-state index in [1.807, 2.05) is 4.90 Å². The number of benzene rings is 1. The summed E-state index contributed by atoms with van der Waals surface area (Å²) < 4.78 is 39.3. The van der Waals surface area contributed by atoms with Crippen molar-refractivity contribution in [1.82, 2.24) is 0 Å². The zero-order valence-corrected chi connectivity index (χ0v) is 11.9. The molecule has 1 aliphatic rings. The number of aliphatic carboxylic acids is 1. The van der Waals surface area contributed by atoms with Crippen molar-refractivity contribution in [3.8, 4) is 0 Å². The number of carboxylic acid groups (broad SMARTS) is 1. The van der Waals surface area contributed by atoms with Gasteiger partial charge in [-0.05, 0) is 23.8 Å². The summed E-state index contributed by atoms with van der Waals surface area (Å²) >= 11 is 1.78. The van der Waals surface area contributed by atoms with Crippen molar-refractivity contribution >= 4 is 29.5 Å². The highest BCUT2D eigenvalue weighted by molar-refractivity contribution is 7.99. The molecule has 1 fully saturated rings. The van der Waals surface area contributed by atoms with Crippen LogP contribution in [0.3, 0.4) is 0 Å². The smallest absolute Gasteiger partial charge is 0.417 e. The summed E-state index contributed by atoms with van der Waals surface area (Å²) in [5.41, 5.74) is -0.425. The number of carboxylic acids is 1. The van der Waals surface area contributed by atoms with Gasteiger partial charge in [-0.1, -0.05) is 6.07 Å². The fourth-order valence-electron chi connectivity index (χ4n) is 2.11. The summed E-state index contributed by atoms with van der Waals surface area (Å²) in [6.45, 7) is 1.43. The van der Waals surface area contributed by atoms with Gasteiger partial charge < -0.3 is 10.0 Å². The third kappa shape index (κ3) is 4.17. The summed E-state index contributed by atoms with van der Waals surface area (Å²) in [6, 6.07) is 4.02. The monoisotopic (exact) mass is 317 g/mol. The van der Waals surface area contributed by atoms with Crippen LogP contribution in [0.2, 0.25) is 0 Å². The third-order valence-electron chi connectivity index (χ3n) is 3.12. The average Bonchev–Trinajstić information content (AvgIpc) is 2.45. The molecule has 2 rings (SSSR count). The summed E-state index contributed by atoms with van der Waals surface area (Å²) in [7, 11) is 0. The van der Waals surface area contributed by atoms with E-state index in [4.69, 9.17) is 5.11 Å². The molecule has 114 valence electrons. The third-order valence-corrected chi connectivity index (χ3v) is 4.07. The molecule has 1 N–H and O–H groups in total. The van der Waals surface area contributed by atoms with Gasteiger partial charge in [0.2, 0.25) is 0 Å². The molecule has 1 saturated heterocycles. The van der Waals surface area contributed by atoms with Crippen LogP contribution >= 0.6 is 11.8 Å². The molecule has 0 aliphatic carbocycles. The van der Waals surface area contributed by atoms with Gasteiger partial charge >= 0.3 is 12.1 Å². The van der Waals surface area contributed by atoms with E-state index in [-0.39, 0.29) is 5.56 Å². The molecule has 1 aromatic carbocycles. The second-order valence-corrected chi connectivity index (χ2v) is 5.77. The molecule has 0 radical (unpaired) electrons. The van der Waals surface area contributed by atoms with Gasteiger partial charge in [0, 0.05) is 36.4 Å². The largest absolute Gasteiger partial charge is 0.478 e. The molecule has 21 heavy (non-hydrogen) atoms. The second kappa shape index (κ2) is 6.43. The number of hydrogen-bond acceptors (Lipinski definition) is 3. The molecule has 0 unspecified atom stereocenters. The molecule has 3 nitrogen and oxygen atoms in total. The number of halogens is 3. The van der Waals surface area contributed by atoms with Crippen LogP contribution in [0.5, 0.6) is 0 Å². The minimum atomic E-state index is -4.52. The standard InChI is InChI=1S/C14H14F3NO2S/c15-14(16,17)12-9-11(18-5-7-21-8-6-18)3-1-10(12)2-4-13(19)20/h1-4,9H,5-8H2,(H,19,20)/b4-2+. The van der Waals surface area contributed by atoms with Crippen LogP contribution < -0.4 is 4.90 Å². The highest BCUT2D eigenvalue weighted by Crippen LogP contribution is 2.35. The van der Waals surface area contributed by atoms with E-state index in [0.29, 0.717) is 24.9 Å². The van der Waals surface area contributed by atoms with Crippen LogP contribution in [-0.2, 0) is 11.0 Å². The van der Waals surface area contributed by atoms with Crippen LogP contribution in [0.25, 0.3) is 6.08 Å². The van der Waals surface area contributed by atoms with Crippen molar-refractivity contribution in [2.75, 3.05) is 29.5 Å². The van der Waals surface area contributed by atoms with Crippen molar-refractivity contribution in [3.05, 3.63) is 35.4 Å². The Morgan fingerprint density at radius 1 is 1.29 bits per heavy atom. The van der Waals surface area contributed by atoms with E-state index in [0.717, 1.165) is 23.6 Å². The lowest BCUT2D eigenvalue weighted by molar-refractivity contribution is -0.137. The Labute approximate surface area is 124 Å². The van der Waals surface area contributed by atoms with Crippen molar-refractivity contribution in [1.29, 1.82) is 0 Å². The van der Waals surface area contributed by atoms with Gasteiger partial charge in [-0.2, -0.15) is 24.9 Å². The molecule has 0 spiro atoms. The van der Waals surface area contributed by atoms with E-state index in [9.17, 15) is 18.0 Å². The summed E-state index contributed by atoms with van der Waals surface area (Å²) in [4.78, 5) is 12.4. The molecule has 0 amide bonds. The number of carbonyl (C=O) groups is 1. The maximum absolute atomic E-state index is 13.1. The van der Waals surface area contributed by atoms with E-state index in [1.54, 1.807) is 17.8 Å². The summed E-state index contributed by atoms with van der Waals surface area (Å²) in [6.07, 6.45) is -2.83. The predicted molar refractivity (Wildman–Crippen MR) is 77.7 cm³/mol. The first kappa shape index (κ1) is 15.8. The number of alkyl halides is 3. The number of rotatable bonds is 3. The first-order valence-corrected chi connectivity index (χ1v) is 7.48. The Morgan fingerprint density at radius 2 is 1.95 bits per heavy atom. The summed E-state index contributed by atoms with van der Waals surface area (Å²) in [5.74, 6) is 0.504. The molecule has 7 heteroatoms. The maximum atomic E-state index is 13.1. The Bertz CT molecular complexity index is 552. The molecular weight excluding hydrogens is 303 g/mol. The number of nitrogens with zero attached hydrogens (tertiary/aromatic N) is 1. The minimum absolute atomic E-state index is 0.139. The zero-order valence-electron chi connectivity index (χ0n) is 11.1. The molecule has 1 heterocycles. The van der Waals surface area contributed by atoms with Crippen LogP contribution in [0, 0.1) is 0 Å². The van der Waals surface area contributed by atoms with Gasteiger partial charge in [0.05, 0.1) is 5.56 Å². The van der Waals surface area contributed by atoms with Gasteiger partial charge in [0.25, 0.3) is 0 Å². The normalized spacial score (nSPS) is 16.4. The molecule has 0 aromatic heterocycles. The van der Waals surface area contributed by atoms with Gasteiger partial charge in [-0.3, -0.25) is 0 Å². The quantitative estimate of drug-likeness (QED) is 0.868. The Hall–Kier alpha value is -1.63. The van der Waals surface area contributed by atoms with Crippen LogP contribution in [0.1, 0.15) is 11.1 Å². The zero-order chi connectivity index (χ0) is 15.5. The SMILES string of the molecule is O=C(O)/C=C/c1ccc(N2CCSCC2)cc1C(F)(F)F. The first-order valence-electron chi connectivity index (χ1n) is 6.33. The van der Waals surface area contributed by atoms with E-state index < -0.39 is 17.7 Å². The molecule has 0 atom stereocenters. The van der Waals surface area contributed by atoms with Gasteiger partial charge in [0.15, 0.2) is 0 Å². The predicted octanol–water partition coefficient (Wildman–Crippen LogP) is 3.36. The second-order valence-electron chi connectivity index (χ2n) is 4.54. The molecule has 0 bridgehead atoms. The molecule has 1 aliphatic heterocycles. The van der Waals surface area contributed by atoms with Crippen LogP contribution in [-0.4, -0.2) is 35.7 Å². The average molecular weight is 317 g/mol. The summed E-state index contributed by atoms with van der Waals surface area (Å²) in [5, 5.41) is 8.55. The lowest BCUT2D eigenvalue weighted by Crippen LogP contribution is -2.32. The fourth-order valence-corrected chi connectivity index (χ4v) is 3.02. The lowest BCUT2D eigenvalue weighted by atomic mass is 10.0. The topological polar surface area (TPSA) is 40.5 Å². The molecular formula is C14H14F3NO2S. The Kier molecular flexibility index (Phi) is 4.82. The lowest BCUT2D eigenvalue weighted by Gasteiger charge is -2.29. The van der Waals surface area contributed by atoms with Crippen molar-refractivity contribution < 1.29 is 23.1 Å². The highest BCUT2D eigenvalue weighted by atomic mass is 32.2. The van der Waals surface area contributed by atoms with E-state index >= 15 is 0 Å². The van der Waals surface area contributed by atoms with Crippen molar-refractivity contribution in [2.24, 2.45) is 0 Å².